The number of ether oxygens (including phenoxy) is 1. The third kappa shape index (κ3) is 3.66. The maximum absolute atomic E-state index is 12.2. The van der Waals surface area contributed by atoms with Crippen LogP contribution < -0.4 is 4.74 Å². The summed E-state index contributed by atoms with van der Waals surface area (Å²) in [6, 6.07) is 4.34. The second-order valence-electron chi connectivity index (χ2n) is 5.81. The molecule has 2 rings (SSSR count). The van der Waals surface area contributed by atoms with Gasteiger partial charge < -0.3 is 9.72 Å². The lowest BCUT2D eigenvalue weighted by Crippen LogP contribution is -2.17. The van der Waals surface area contributed by atoms with Gasteiger partial charge in [-0.05, 0) is 35.6 Å². The predicted molar refractivity (Wildman–Crippen MR) is 68.1 cm³/mol. The molecule has 0 aliphatic carbocycles. The molecule has 0 atom stereocenters. The molecule has 19 heavy (non-hydrogen) atoms. The third-order valence-electron chi connectivity index (χ3n) is 2.69. The highest BCUT2D eigenvalue weighted by molar-refractivity contribution is 5.84. The van der Waals surface area contributed by atoms with Crippen LogP contribution in [-0.4, -0.2) is 11.3 Å². The molecule has 2 nitrogen and oxygen atoms in total. The van der Waals surface area contributed by atoms with Crippen LogP contribution in [0.3, 0.4) is 0 Å². The number of rotatable bonds is 2. The molecule has 104 valence electrons. The maximum Gasteiger partial charge on any atom is 0.573 e. The van der Waals surface area contributed by atoms with Gasteiger partial charge in [0, 0.05) is 17.1 Å². The Morgan fingerprint density at radius 2 is 1.84 bits per heavy atom. The molecule has 1 N–H and O–H groups in total. The van der Waals surface area contributed by atoms with Crippen LogP contribution in [0.4, 0.5) is 13.2 Å². The Labute approximate surface area is 109 Å². The van der Waals surface area contributed by atoms with Crippen LogP contribution in [0.15, 0.2) is 24.4 Å². The van der Waals surface area contributed by atoms with Gasteiger partial charge >= 0.3 is 6.36 Å². The van der Waals surface area contributed by atoms with Gasteiger partial charge in [-0.1, -0.05) is 20.8 Å². The van der Waals surface area contributed by atoms with Crippen molar-refractivity contribution in [1.82, 2.24) is 4.98 Å². The lowest BCUT2D eigenvalue weighted by atomic mass is 9.88. The number of nitrogens with one attached hydrogen (secondary N) is 1. The van der Waals surface area contributed by atoms with Crippen molar-refractivity contribution in [3.63, 3.8) is 0 Å². The number of aromatic nitrogens is 1. The lowest BCUT2D eigenvalue weighted by Gasteiger charge is -2.17. The average molecular weight is 271 g/mol. The van der Waals surface area contributed by atoms with Gasteiger partial charge in [0.1, 0.15) is 5.75 Å². The highest BCUT2D eigenvalue weighted by atomic mass is 19.4. The van der Waals surface area contributed by atoms with Gasteiger partial charge in [0.15, 0.2) is 0 Å². The summed E-state index contributed by atoms with van der Waals surface area (Å²) >= 11 is 0. The third-order valence-corrected chi connectivity index (χ3v) is 2.69. The van der Waals surface area contributed by atoms with E-state index in [9.17, 15) is 13.2 Å². The zero-order valence-electron chi connectivity index (χ0n) is 11.1. The minimum absolute atomic E-state index is 0.0655. The van der Waals surface area contributed by atoms with Crippen LogP contribution in [0.2, 0.25) is 0 Å². The Kier molecular flexibility index (Phi) is 3.24. The summed E-state index contributed by atoms with van der Waals surface area (Å²) in [6.45, 7) is 6.26. The van der Waals surface area contributed by atoms with E-state index in [1.807, 2.05) is 6.20 Å². The molecule has 0 radical (unpaired) electrons. The van der Waals surface area contributed by atoms with E-state index >= 15 is 0 Å². The molecule has 1 heterocycles. The van der Waals surface area contributed by atoms with Crippen LogP contribution in [-0.2, 0) is 6.42 Å². The maximum atomic E-state index is 12.2. The van der Waals surface area contributed by atoms with Crippen LogP contribution >= 0.6 is 0 Å². The Hall–Kier alpha value is -1.65. The van der Waals surface area contributed by atoms with Crippen LogP contribution in [0, 0.1) is 5.41 Å². The summed E-state index contributed by atoms with van der Waals surface area (Å²) in [4.78, 5) is 3.06. The fourth-order valence-corrected chi connectivity index (χ4v) is 2.07. The van der Waals surface area contributed by atoms with E-state index in [0.29, 0.717) is 0 Å². The van der Waals surface area contributed by atoms with Gasteiger partial charge in [-0.25, -0.2) is 0 Å². The number of alkyl halides is 3. The van der Waals surface area contributed by atoms with E-state index in [-0.39, 0.29) is 11.2 Å². The van der Waals surface area contributed by atoms with Gasteiger partial charge in [-0.15, -0.1) is 13.2 Å². The van der Waals surface area contributed by atoms with E-state index < -0.39 is 6.36 Å². The molecule has 0 saturated carbocycles. The molecule has 1 aromatic heterocycles. The molecule has 0 spiro atoms. The second-order valence-corrected chi connectivity index (χ2v) is 5.81. The largest absolute Gasteiger partial charge is 0.573 e. The zero-order chi connectivity index (χ0) is 14.3. The van der Waals surface area contributed by atoms with Crippen molar-refractivity contribution >= 4 is 10.9 Å². The highest BCUT2D eigenvalue weighted by Gasteiger charge is 2.31. The Morgan fingerprint density at radius 3 is 2.42 bits per heavy atom. The first-order valence-electron chi connectivity index (χ1n) is 6.00. The SMILES string of the molecule is CC(C)(C)Cc1c[nH]c2ccc(OC(F)(F)F)cc12. The van der Waals surface area contributed by atoms with Crippen LogP contribution in [0.25, 0.3) is 10.9 Å². The van der Waals surface area contributed by atoms with E-state index in [0.717, 1.165) is 22.9 Å². The summed E-state index contributed by atoms with van der Waals surface area (Å²) in [5.74, 6) is -0.185. The minimum atomic E-state index is -4.66. The van der Waals surface area contributed by atoms with Gasteiger partial charge in [0.05, 0.1) is 0 Å². The number of aromatic amines is 1. The van der Waals surface area contributed by atoms with Crippen molar-refractivity contribution < 1.29 is 17.9 Å². The molecule has 0 unspecified atom stereocenters. The quantitative estimate of drug-likeness (QED) is 0.844. The Bertz CT molecular complexity index is 578. The predicted octanol–water partition coefficient (Wildman–Crippen LogP) is 4.66. The smallest absolute Gasteiger partial charge is 0.406 e. The van der Waals surface area contributed by atoms with Gasteiger partial charge in [0.2, 0.25) is 0 Å². The second kappa shape index (κ2) is 4.47. The molecular formula is C14H16F3NO. The molecular weight excluding hydrogens is 255 g/mol. The van der Waals surface area contributed by atoms with Crippen molar-refractivity contribution in [2.75, 3.05) is 0 Å². The zero-order valence-corrected chi connectivity index (χ0v) is 11.1. The van der Waals surface area contributed by atoms with Crippen molar-refractivity contribution in [2.24, 2.45) is 5.41 Å². The Balaban J connectivity index is 2.37. The first-order valence-corrected chi connectivity index (χ1v) is 6.00. The van der Waals surface area contributed by atoms with E-state index in [2.05, 4.69) is 30.5 Å². The van der Waals surface area contributed by atoms with E-state index in [1.165, 1.54) is 12.1 Å². The fourth-order valence-electron chi connectivity index (χ4n) is 2.07. The van der Waals surface area contributed by atoms with Crippen molar-refractivity contribution in [2.45, 2.75) is 33.6 Å². The first-order chi connectivity index (χ1) is 8.64. The number of hydrogen-bond acceptors (Lipinski definition) is 1. The van der Waals surface area contributed by atoms with Crippen molar-refractivity contribution in [1.29, 1.82) is 0 Å². The van der Waals surface area contributed by atoms with Gasteiger partial charge in [-0.2, -0.15) is 0 Å². The summed E-state index contributed by atoms with van der Waals surface area (Å²) in [5.41, 5.74) is 1.87. The van der Waals surface area contributed by atoms with Crippen molar-refractivity contribution in [3.8, 4) is 5.75 Å². The number of hydrogen-bond donors (Lipinski definition) is 1. The Morgan fingerprint density at radius 1 is 1.16 bits per heavy atom. The standard InChI is InChI=1S/C14H16F3NO/c1-13(2,3)7-9-8-18-12-5-4-10(6-11(9)12)19-14(15,16)17/h4-6,8,18H,7H2,1-3H3. The average Bonchev–Trinajstić information content (AvgIpc) is 2.56. The normalized spacial score (nSPS) is 12.9. The summed E-state index contributed by atoms with van der Waals surface area (Å²) in [6.07, 6.45) is -2.04. The minimum Gasteiger partial charge on any atom is -0.406 e. The molecule has 0 saturated heterocycles. The van der Waals surface area contributed by atoms with Crippen molar-refractivity contribution in [3.05, 3.63) is 30.0 Å². The summed E-state index contributed by atoms with van der Waals surface area (Å²) in [5, 5.41) is 0.775. The number of fused-ring (bicyclic) bond motifs is 1. The lowest BCUT2D eigenvalue weighted by molar-refractivity contribution is -0.274. The monoisotopic (exact) mass is 271 g/mol. The first kappa shape index (κ1) is 13.8. The fraction of sp³-hybridized carbons (Fsp3) is 0.429. The van der Waals surface area contributed by atoms with Crippen LogP contribution in [0.1, 0.15) is 26.3 Å². The van der Waals surface area contributed by atoms with Crippen LogP contribution in [0.5, 0.6) is 5.75 Å². The topological polar surface area (TPSA) is 25.0 Å². The molecule has 0 fully saturated rings. The molecule has 0 amide bonds. The number of H-pyrrole nitrogens is 1. The van der Waals surface area contributed by atoms with Gasteiger partial charge in [-0.3, -0.25) is 0 Å². The molecule has 1 aromatic carbocycles. The molecule has 0 aliphatic heterocycles. The highest BCUT2D eigenvalue weighted by Crippen LogP contribution is 2.31. The van der Waals surface area contributed by atoms with E-state index in [4.69, 9.17) is 0 Å². The molecule has 2 aromatic rings. The van der Waals surface area contributed by atoms with Gasteiger partial charge in [0.25, 0.3) is 0 Å². The molecule has 5 heteroatoms. The summed E-state index contributed by atoms with van der Waals surface area (Å²) < 4.78 is 40.6. The van der Waals surface area contributed by atoms with E-state index in [1.54, 1.807) is 6.07 Å². The number of benzene rings is 1. The summed E-state index contributed by atoms with van der Waals surface area (Å²) in [7, 11) is 0. The molecule has 0 aliphatic rings. The number of halogens is 3. The molecule has 0 bridgehead atoms.